The van der Waals surface area contributed by atoms with Gasteiger partial charge in [-0.15, -0.1) is 0 Å². The second-order valence-electron chi connectivity index (χ2n) is 4.44. The lowest BCUT2D eigenvalue weighted by atomic mass is 9.98. The Morgan fingerprint density at radius 1 is 1.00 bits per heavy atom. The molecule has 19 heavy (non-hydrogen) atoms. The summed E-state index contributed by atoms with van der Waals surface area (Å²) in [6.45, 7) is 2.94. The highest BCUT2D eigenvalue weighted by Gasteiger charge is 2.23. The number of hydrogen-bond donors (Lipinski definition) is 1. The fourth-order valence-electron chi connectivity index (χ4n) is 2.46. The number of hydrogen-bond acceptors (Lipinski definition) is 3. The van der Waals surface area contributed by atoms with Crippen LogP contribution in [-0.2, 0) is 9.47 Å². The van der Waals surface area contributed by atoms with Gasteiger partial charge in [-0.2, -0.15) is 0 Å². The summed E-state index contributed by atoms with van der Waals surface area (Å²) in [6.07, 6.45) is -0.300. The Kier molecular flexibility index (Phi) is 4.91. The number of nitrogens with one attached hydrogen (secondary N) is 1. The molecule has 0 heterocycles. The number of benzene rings is 2. The van der Waals surface area contributed by atoms with Gasteiger partial charge >= 0.3 is 0 Å². The van der Waals surface area contributed by atoms with E-state index in [4.69, 9.17) is 9.47 Å². The second-order valence-corrected chi connectivity index (χ2v) is 4.44. The average Bonchev–Trinajstić information content (AvgIpc) is 2.47. The monoisotopic (exact) mass is 259 g/mol. The number of ether oxygens (including phenoxy) is 2. The molecule has 0 saturated carbocycles. The Morgan fingerprint density at radius 3 is 2.37 bits per heavy atom. The fraction of sp³-hybridized carbons (Fsp3) is 0.375. The Balaban J connectivity index is 2.49. The van der Waals surface area contributed by atoms with Crippen LogP contribution in [0.3, 0.4) is 0 Å². The zero-order chi connectivity index (χ0) is 13.7. The highest BCUT2D eigenvalue weighted by Crippen LogP contribution is 2.27. The van der Waals surface area contributed by atoms with E-state index in [2.05, 4.69) is 54.7 Å². The summed E-state index contributed by atoms with van der Waals surface area (Å²) < 4.78 is 10.9. The zero-order valence-corrected chi connectivity index (χ0v) is 11.7. The molecule has 1 atom stereocenters. The van der Waals surface area contributed by atoms with Crippen LogP contribution in [0.4, 0.5) is 0 Å². The zero-order valence-electron chi connectivity index (χ0n) is 11.7. The molecule has 1 unspecified atom stereocenters. The largest absolute Gasteiger partial charge is 0.354 e. The SMILES string of the molecule is CCNC(c1cccc2ccccc12)C(OC)OC. The first kappa shape index (κ1) is 14.0. The minimum absolute atomic E-state index is 0.0195. The van der Waals surface area contributed by atoms with E-state index in [1.165, 1.54) is 16.3 Å². The van der Waals surface area contributed by atoms with Crippen LogP contribution in [0.2, 0.25) is 0 Å². The predicted octanol–water partition coefficient (Wildman–Crippen LogP) is 3.11. The van der Waals surface area contributed by atoms with Crippen molar-refractivity contribution in [1.82, 2.24) is 5.32 Å². The van der Waals surface area contributed by atoms with E-state index in [0.29, 0.717) is 0 Å². The molecule has 2 aromatic carbocycles. The molecule has 0 bridgehead atoms. The van der Waals surface area contributed by atoms with Gasteiger partial charge in [0.1, 0.15) is 0 Å². The van der Waals surface area contributed by atoms with E-state index in [0.717, 1.165) is 6.54 Å². The van der Waals surface area contributed by atoms with Gasteiger partial charge in [0.2, 0.25) is 0 Å². The first-order valence-corrected chi connectivity index (χ1v) is 6.58. The van der Waals surface area contributed by atoms with Crippen molar-refractivity contribution in [1.29, 1.82) is 0 Å². The summed E-state index contributed by atoms with van der Waals surface area (Å²) in [5.41, 5.74) is 1.20. The summed E-state index contributed by atoms with van der Waals surface area (Å²) in [4.78, 5) is 0. The molecule has 102 valence electrons. The molecule has 2 aromatic rings. The van der Waals surface area contributed by atoms with Crippen molar-refractivity contribution < 1.29 is 9.47 Å². The van der Waals surface area contributed by atoms with Crippen LogP contribution in [-0.4, -0.2) is 27.1 Å². The van der Waals surface area contributed by atoms with E-state index in [9.17, 15) is 0 Å². The van der Waals surface area contributed by atoms with Crippen molar-refractivity contribution in [3.8, 4) is 0 Å². The second kappa shape index (κ2) is 6.66. The molecule has 0 aromatic heterocycles. The van der Waals surface area contributed by atoms with E-state index in [-0.39, 0.29) is 12.3 Å². The molecule has 0 radical (unpaired) electrons. The molecule has 1 N–H and O–H groups in total. The van der Waals surface area contributed by atoms with Crippen LogP contribution in [0.25, 0.3) is 10.8 Å². The van der Waals surface area contributed by atoms with Crippen LogP contribution in [0.15, 0.2) is 42.5 Å². The van der Waals surface area contributed by atoms with Crippen molar-refractivity contribution in [2.75, 3.05) is 20.8 Å². The smallest absolute Gasteiger partial charge is 0.176 e. The molecule has 0 aliphatic rings. The van der Waals surface area contributed by atoms with Crippen LogP contribution in [0.1, 0.15) is 18.5 Å². The molecular formula is C16H21NO2. The third kappa shape index (κ3) is 2.95. The molecule has 0 aliphatic carbocycles. The Hall–Kier alpha value is -1.42. The van der Waals surface area contributed by atoms with Crippen LogP contribution in [0, 0.1) is 0 Å². The van der Waals surface area contributed by atoms with E-state index in [1.54, 1.807) is 14.2 Å². The van der Waals surface area contributed by atoms with Gasteiger partial charge in [-0.3, -0.25) is 0 Å². The lowest BCUT2D eigenvalue weighted by Gasteiger charge is -2.26. The van der Waals surface area contributed by atoms with Crippen molar-refractivity contribution in [2.45, 2.75) is 19.3 Å². The molecular weight excluding hydrogens is 238 g/mol. The maximum Gasteiger partial charge on any atom is 0.176 e. The van der Waals surface area contributed by atoms with Gasteiger partial charge in [-0.05, 0) is 22.9 Å². The Morgan fingerprint density at radius 2 is 1.68 bits per heavy atom. The van der Waals surface area contributed by atoms with Crippen molar-refractivity contribution in [3.05, 3.63) is 48.0 Å². The van der Waals surface area contributed by atoms with E-state index >= 15 is 0 Å². The maximum absolute atomic E-state index is 5.43. The number of methoxy groups -OCH3 is 2. The first-order valence-electron chi connectivity index (χ1n) is 6.58. The van der Waals surface area contributed by atoms with Gasteiger partial charge in [-0.25, -0.2) is 0 Å². The highest BCUT2D eigenvalue weighted by atomic mass is 16.7. The molecule has 0 amide bonds. The van der Waals surface area contributed by atoms with Crippen LogP contribution >= 0.6 is 0 Å². The summed E-state index contributed by atoms with van der Waals surface area (Å²) in [5, 5.41) is 5.90. The molecule has 3 heteroatoms. The van der Waals surface area contributed by atoms with Crippen molar-refractivity contribution >= 4 is 10.8 Å². The molecule has 0 spiro atoms. The lowest BCUT2D eigenvalue weighted by molar-refractivity contribution is -0.123. The Labute approximate surface area is 114 Å². The summed E-state index contributed by atoms with van der Waals surface area (Å²) >= 11 is 0. The van der Waals surface area contributed by atoms with Crippen molar-refractivity contribution in [3.63, 3.8) is 0 Å². The highest BCUT2D eigenvalue weighted by molar-refractivity contribution is 5.86. The van der Waals surface area contributed by atoms with Crippen LogP contribution < -0.4 is 5.32 Å². The van der Waals surface area contributed by atoms with Gasteiger partial charge < -0.3 is 14.8 Å². The number of fused-ring (bicyclic) bond motifs is 1. The molecule has 0 aliphatic heterocycles. The topological polar surface area (TPSA) is 30.5 Å². The van der Waals surface area contributed by atoms with Crippen LogP contribution in [0.5, 0.6) is 0 Å². The minimum Gasteiger partial charge on any atom is -0.354 e. The summed E-state index contributed by atoms with van der Waals surface area (Å²) in [6, 6.07) is 14.7. The van der Waals surface area contributed by atoms with Gasteiger partial charge in [0.25, 0.3) is 0 Å². The van der Waals surface area contributed by atoms with E-state index in [1.807, 2.05) is 0 Å². The minimum atomic E-state index is -0.300. The lowest BCUT2D eigenvalue weighted by Crippen LogP contribution is -2.34. The maximum atomic E-state index is 5.43. The standard InChI is InChI=1S/C16H21NO2/c1-4-17-15(16(18-2)19-3)14-11-7-9-12-8-5-6-10-13(12)14/h5-11,15-17H,4H2,1-3H3. The van der Waals surface area contributed by atoms with Gasteiger partial charge in [0.05, 0.1) is 6.04 Å². The number of likely N-dealkylation sites (N-methyl/N-ethyl adjacent to an activating group) is 1. The average molecular weight is 259 g/mol. The third-order valence-corrected chi connectivity index (χ3v) is 3.32. The van der Waals surface area contributed by atoms with Gasteiger partial charge in [-0.1, -0.05) is 49.4 Å². The number of rotatable bonds is 6. The summed E-state index contributed by atoms with van der Waals surface area (Å²) in [5.74, 6) is 0. The molecule has 3 nitrogen and oxygen atoms in total. The summed E-state index contributed by atoms with van der Waals surface area (Å²) in [7, 11) is 3.34. The normalized spacial score (nSPS) is 13.1. The first-order chi connectivity index (χ1) is 9.31. The molecule has 0 fully saturated rings. The fourth-order valence-corrected chi connectivity index (χ4v) is 2.46. The third-order valence-electron chi connectivity index (χ3n) is 3.32. The van der Waals surface area contributed by atoms with Gasteiger partial charge in [0, 0.05) is 14.2 Å². The van der Waals surface area contributed by atoms with Crippen molar-refractivity contribution in [2.24, 2.45) is 0 Å². The Bertz CT molecular complexity index is 518. The van der Waals surface area contributed by atoms with Gasteiger partial charge in [0.15, 0.2) is 6.29 Å². The quantitative estimate of drug-likeness (QED) is 0.809. The molecule has 2 rings (SSSR count). The predicted molar refractivity (Wildman–Crippen MR) is 78.2 cm³/mol. The van der Waals surface area contributed by atoms with E-state index < -0.39 is 0 Å². The molecule has 0 saturated heterocycles.